The lowest BCUT2D eigenvalue weighted by molar-refractivity contribution is -0.137. The summed E-state index contributed by atoms with van der Waals surface area (Å²) >= 11 is 0. The number of carboxylic acid groups (broad SMARTS) is 1. The molecule has 0 aliphatic rings. The molecule has 0 aliphatic heterocycles. The van der Waals surface area contributed by atoms with E-state index in [0.29, 0.717) is 5.75 Å². The predicted octanol–water partition coefficient (Wildman–Crippen LogP) is 1.57. The van der Waals surface area contributed by atoms with Gasteiger partial charge in [0.15, 0.2) is 0 Å². The number of halogens is 1. The molecule has 0 aliphatic carbocycles. The van der Waals surface area contributed by atoms with Crippen LogP contribution in [-0.4, -0.2) is 29.6 Å². The zero-order valence-corrected chi connectivity index (χ0v) is 10.6. The molecule has 2 N–H and O–H groups in total. The molecule has 1 rings (SSSR count). The van der Waals surface area contributed by atoms with Crippen LogP contribution in [0.15, 0.2) is 24.3 Å². The maximum Gasteiger partial charge on any atom is 0.305 e. The third-order valence-electron chi connectivity index (χ3n) is 2.30. The third-order valence-corrected chi connectivity index (χ3v) is 2.30. The molecule has 0 saturated heterocycles. The van der Waals surface area contributed by atoms with Gasteiger partial charge in [0.25, 0.3) is 0 Å². The highest BCUT2D eigenvalue weighted by atomic mass is 19.1. The van der Waals surface area contributed by atoms with Crippen molar-refractivity contribution in [1.82, 2.24) is 5.32 Å². The number of nitrogens with one attached hydrogen (secondary N) is 1. The van der Waals surface area contributed by atoms with E-state index in [-0.39, 0.29) is 31.2 Å². The summed E-state index contributed by atoms with van der Waals surface area (Å²) < 4.78 is 17.9. The fourth-order valence-corrected chi connectivity index (χ4v) is 1.45. The van der Waals surface area contributed by atoms with E-state index in [0.717, 1.165) is 0 Å². The zero-order valence-electron chi connectivity index (χ0n) is 10.6. The van der Waals surface area contributed by atoms with Crippen molar-refractivity contribution in [3.63, 3.8) is 0 Å². The Morgan fingerprint density at radius 1 is 1.37 bits per heavy atom. The number of ether oxygens (including phenoxy) is 1. The Labute approximate surface area is 110 Å². The lowest BCUT2D eigenvalue weighted by Crippen LogP contribution is -2.34. The highest BCUT2D eigenvalue weighted by Gasteiger charge is 2.10. The van der Waals surface area contributed by atoms with Crippen LogP contribution >= 0.6 is 0 Å². The molecule has 0 saturated carbocycles. The number of aliphatic carboxylic acids is 1. The minimum atomic E-state index is -0.963. The Kier molecular flexibility index (Phi) is 5.78. The molecule has 1 unspecified atom stereocenters. The van der Waals surface area contributed by atoms with Crippen LogP contribution in [0.25, 0.3) is 0 Å². The monoisotopic (exact) mass is 269 g/mol. The van der Waals surface area contributed by atoms with Crippen molar-refractivity contribution in [2.45, 2.75) is 25.8 Å². The van der Waals surface area contributed by atoms with E-state index in [1.165, 1.54) is 24.3 Å². The molecule has 0 aromatic heterocycles. The number of benzene rings is 1. The Hall–Kier alpha value is -2.11. The van der Waals surface area contributed by atoms with E-state index >= 15 is 0 Å². The molecule has 5 nitrogen and oxygen atoms in total. The molecule has 1 aromatic rings. The van der Waals surface area contributed by atoms with Crippen LogP contribution in [0.5, 0.6) is 5.75 Å². The van der Waals surface area contributed by atoms with Gasteiger partial charge in [-0.1, -0.05) is 0 Å². The van der Waals surface area contributed by atoms with Crippen molar-refractivity contribution in [2.24, 2.45) is 0 Å². The van der Waals surface area contributed by atoms with Crippen LogP contribution in [0.1, 0.15) is 19.8 Å². The third kappa shape index (κ3) is 6.40. The van der Waals surface area contributed by atoms with Crippen LogP contribution in [0, 0.1) is 5.82 Å². The standard InChI is InChI=1S/C13H16FNO4/c1-9(8-13(17)18)15-12(16)6-7-19-11-4-2-10(14)3-5-11/h2-5,9H,6-8H2,1H3,(H,15,16)(H,17,18). The molecule has 0 bridgehead atoms. The lowest BCUT2D eigenvalue weighted by atomic mass is 10.2. The van der Waals surface area contributed by atoms with Gasteiger partial charge in [0.1, 0.15) is 11.6 Å². The topological polar surface area (TPSA) is 75.6 Å². The molecule has 1 amide bonds. The smallest absolute Gasteiger partial charge is 0.305 e. The summed E-state index contributed by atoms with van der Waals surface area (Å²) in [7, 11) is 0. The van der Waals surface area contributed by atoms with Crippen LogP contribution in [0.4, 0.5) is 4.39 Å². The summed E-state index contributed by atoms with van der Waals surface area (Å²) in [5.74, 6) is -1.12. The summed E-state index contributed by atoms with van der Waals surface area (Å²) in [6, 6.07) is 5.06. The van der Waals surface area contributed by atoms with Gasteiger partial charge in [0, 0.05) is 6.04 Å². The van der Waals surface area contributed by atoms with Crippen molar-refractivity contribution >= 4 is 11.9 Å². The van der Waals surface area contributed by atoms with Gasteiger partial charge in [-0.25, -0.2) is 4.39 Å². The first-order valence-corrected chi connectivity index (χ1v) is 5.87. The quantitative estimate of drug-likeness (QED) is 0.788. The lowest BCUT2D eigenvalue weighted by Gasteiger charge is -2.11. The van der Waals surface area contributed by atoms with E-state index in [2.05, 4.69) is 5.32 Å². The molecular weight excluding hydrogens is 253 g/mol. The fraction of sp³-hybridized carbons (Fsp3) is 0.385. The molecule has 19 heavy (non-hydrogen) atoms. The molecule has 1 aromatic carbocycles. The van der Waals surface area contributed by atoms with Crippen molar-refractivity contribution in [2.75, 3.05) is 6.61 Å². The SMILES string of the molecule is CC(CC(=O)O)NC(=O)CCOc1ccc(F)cc1. The molecule has 104 valence electrons. The fourth-order valence-electron chi connectivity index (χ4n) is 1.45. The van der Waals surface area contributed by atoms with Crippen LogP contribution in [0.2, 0.25) is 0 Å². The first kappa shape index (κ1) is 14.9. The molecular formula is C13H16FNO4. The van der Waals surface area contributed by atoms with E-state index in [4.69, 9.17) is 9.84 Å². The van der Waals surface area contributed by atoms with E-state index < -0.39 is 12.0 Å². The van der Waals surface area contributed by atoms with E-state index in [1.807, 2.05) is 0 Å². The Morgan fingerprint density at radius 2 is 2.00 bits per heavy atom. The van der Waals surface area contributed by atoms with Crippen LogP contribution in [0.3, 0.4) is 0 Å². The van der Waals surface area contributed by atoms with Gasteiger partial charge in [-0.15, -0.1) is 0 Å². The second-order valence-corrected chi connectivity index (χ2v) is 4.12. The maximum atomic E-state index is 12.6. The van der Waals surface area contributed by atoms with Crippen LogP contribution < -0.4 is 10.1 Å². The second-order valence-electron chi connectivity index (χ2n) is 4.12. The molecule has 1 atom stereocenters. The predicted molar refractivity (Wildman–Crippen MR) is 66.4 cm³/mol. The first-order chi connectivity index (χ1) is 8.97. The van der Waals surface area contributed by atoms with Gasteiger partial charge in [-0.05, 0) is 31.2 Å². The largest absolute Gasteiger partial charge is 0.493 e. The van der Waals surface area contributed by atoms with Gasteiger partial charge < -0.3 is 15.2 Å². The van der Waals surface area contributed by atoms with Crippen LogP contribution in [-0.2, 0) is 9.59 Å². The van der Waals surface area contributed by atoms with Crippen molar-refractivity contribution < 1.29 is 23.8 Å². The second kappa shape index (κ2) is 7.35. The normalized spacial score (nSPS) is 11.7. The number of carbonyl (C=O) groups is 2. The average Bonchev–Trinajstić information content (AvgIpc) is 2.30. The highest BCUT2D eigenvalue weighted by molar-refractivity contribution is 5.77. The van der Waals surface area contributed by atoms with Crippen molar-refractivity contribution in [1.29, 1.82) is 0 Å². The summed E-state index contributed by atoms with van der Waals surface area (Å²) in [6.07, 6.45) is -0.00804. The van der Waals surface area contributed by atoms with Crippen molar-refractivity contribution in [3.05, 3.63) is 30.1 Å². The van der Waals surface area contributed by atoms with E-state index in [9.17, 15) is 14.0 Å². The molecule has 0 heterocycles. The first-order valence-electron chi connectivity index (χ1n) is 5.87. The maximum absolute atomic E-state index is 12.6. The van der Waals surface area contributed by atoms with E-state index in [1.54, 1.807) is 6.92 Å². The highest BCUT2D eigenvalue weighted by Crippen LogP contribution is 2.11. The number of hydrogen-bond acceptors (Lipinski definition) is 3. The summed E-state index contributed by atoms with van der Waals surface area (Å²) in [5, 5.41) is 11.1. The molecule has 6 heteroatoms. The Bertz CT molecular complexity index is 433. The summed E-state index contributed by atoms with van der Waals surface area (Å²) in [6.45, 7) is 1.77. The number of rotatable bonds is 7. The Balaban J connectivity index is 2.23. The number of carboxylic acids is 1. The van der Waals surface area contributed by atoms with Gasteiger partial charge >= 0.3 is 5.97 Å². The number of carbonyl (C=O) groups excluding carboxylic acids is 1. The van der Waals surface area contributed by atoms with Gasteiger partial charge in [0.05, 0.1) is 19.4 Å². The van der Waals surface area contributed by atoms with Crippen molar-refractivity contribution in [3.8, 4) is 5.75 Å². The summed E-state index contributed by atoms with van der Waals surface area (Å²) in [4.78, 5) is 21.8. The van der Waals surface area contributed by atoms with Gasteiger partial charge in [-0.3, -0.25) is 9.59 Å². The average molecular weight is 269 g/mol. The summed E-state index contributed by atoms with van der Waals surface area (Å²) in [5.41, 5.74) is 0. The Morgan fingerprint density at radius 3 is 2.58 bits per heavy atom. The minimum Gasteiger partial charge on any atom is -0.493 e. The molecule has 0 spiro atoms. The minimum absolute atomic E-state index is 0.112. The van der Waals surface area contributed by atoms with Gasteiger partial charge in [-0.2, -0.15) is 0 Å². The molecule has 0 fully saturated rings. The number of hydrogen-bond donors (Lipinski definition) is 2. The van der Waals surface area contributed by atoms with Gasteiger partial charge in [0.2, 0.25) is 5.91 Å². The zero-order chi connectivity index (χ0) is 14.3. The number of amides is 1. The molecule has 0 radical (unpaired) electrons.